The average molecular weight is 424 g/mol. The number of hydrogen-bond acceptors (Lipinski definition) is 8. The average Bonchev–Trinajstić information content (AvgIpc) is 2.78. The lowest BCUT2D eigenvalue weighted by Crippen LogP contribution is -2.36. The summed E-state index contributed by atoms with van der Waals surface area (Å²) < 4.78 is 15.9. The van der Waals surface area contributed by atoms with Crippen molar-refractivity contribution in [2.45, 2.75) is 13.3 Å². The maximum Gasteiger partial charge on any atom is 0.343 e. The Morgan fingerprint density at radius 1 is 1.16 bits per heavy atom. The van der Waals surface area contributed by atoms with Gasteiger partial charge in [-0.25, -0.2) is 9.59 Å². The van der Waals surface area contributed by atoms with E-state index in [4.69, 9.17) is 13.9 Å². The molecular weight excluding hydrogens is 404 g/mol. The molecule has 0 spiro atoms. The second-order valence-corrected chi connectivity index (χ2v) is 7.05. The van der Waals surface area contributed by atoms with Crippen LogP contribution in [0.25, 0.3) is 11.0 Å². The number of nitro groups is 1. The molecule has 0 saturated carbocycles. The minimum absolute atomic E-state index is 0.0487. The van der Waals surface area contributed by atoms with Crippen LogP contribution in [0.2, 0.25) is 0 Å². The third-order valence-electron chi connectivity index (χ3n) is 5.15. The molecule has 0 aliphatic carbocycles. The summed E-state index contributed by atoms with van der Waals surface area (Å²) in [5, 5.41) is 12.3. The van der Waals surface area contributed by atoms with Crippen LogP contribution < -0.4 is 15.3 Å². The van der Waals surface area contributed by atoms with Crippen LogP contribution in [-0.2, 0) is 11.2 Å². The van der Waals surface area contributed by atoms with E-state index in [1.54, 1.807) is 18.2 Å². The first-order chi connectivity index (χ1) is 15.0. The molecule has 3 aromatic rings. The Hall–Kier alpha value is -3.72. The number of carbonyl (C=O) groups is 1. The first-order valence-electron chi connectivity index (χ1n) is 9.86. The van der Waals surface area contributed by atoms with Crippen LogP contribution in [0.15, 0.2) is 51.7 Å². The molecule has 9 nitrogen and oxygen atoms in total. The highest BCUT2D eigenvalue weighted by Crippen LogP contribution is 2.31. The van der Waals surface area contributed by atoms with Gasteiger partial charge in [-0.05, 0) is 36.2 Å². The summed E-state index contributed by atoms with van der Waals surface area (Å²) in [5.74, 6) is -0.571. The normalized spacial score (nSPS) is 13.9. The molecule has 0 N–H and O–H groups in total. The van der Waals surface area contributed by atoms with Crippen molar-refractivity contribution in [2.24, 2.45) is 0 Å². The Morgan fingerprint density at radius 2 is 1.94 bits per heavy atom. The Balaban J connectivity index is 1.61. The van der Waals surface area contributed by atoms with E-state index in [0.717, 1.165) is 10.9 Å². The maximum absolute atomic E-state index is 12.6. The number of ether oxygens (including phenoxy) is 2. The zero-order valence-electron chi connectivity index (χ0n) is 16.8. The number of rotatable bonds is 5. The fourth-order valence-corrected chi connectivity index (χ4v) is 3.60. The molecule has 1 fully saturated rings. The first-order valence-corrected chi connectivity index (χ1v) is 9.86. The molecule has 4 rings (SSSR count). The molecule has 31 heavy (non-hydrogen) atoms. The fourth-order valence-electron chi connectivity index (χ4n) is 3.60. The monoisotopic (exact) mass is 424 g/mol. The molecule has 9 heteroatoms. The summed E-state index contributed by atoms with van der Waals surface area (Å²) in [6.45, 7) is 3.96. The van der Waals surface area contributed by atoms with Crippen molar-refractivity contribution in [3.05, 3.63) is 74.1 Å². The lowest BCUT2D eigenvalue weighted by atomic mass is 10.1. The smallest absolute Gasteiger partial charge is 0.343 e. The van der Waals surface area contributed by atoms with Crippen LogP contribution in [-0.4, -0.2) is 37.2 Å². The summed E-state index contributed by atoms with van der Waals surface area (Å²) in [5.41, 5.74) is 0.967. The molecule has 1 saturated heterocycles. The molecular formula is C22H20N2O7. The minimum atomic E-state index is -0.745. The van der Waals surface area contributed by atoms with Gasteiger partial charge in [-0.3, -0.25) is 10.1 Å². The van der Waals surface area contributed by atoms with Gasteiger partial charge in [-0.15, -0.1) is 0 Å². The van der Waals surface area contributed by atoms with E-state index >= 15 is 0 Å². The van der Waals surface area contributed by atoms with E-state index in [-0.39, 0.29) is 17.0 Å². The molecule has 0 amide bonds. The molecule has 0 bridgehead atoms. The standard InChI is InChI=1S/C22H20N2O7/c1-2-14-12-21(25)31-20-13-16(4-5-17(14)20)30-22(26)15-3-6-18(19(11-15)24(27)28)23-7-9-29-10-8-23/h3-6,11-13H,2,7-10H2,1H3. The van der Waals surface area contributed by atoms with Crippen molar-refractivity contribution in [3.8, 4) is 5.75 Å². The molecule has 0 radical (unpaired) electrons. The highest BCUT2D eigenvalue weighted by molar-refractivity contribution is 5.93. The quantitative estimate of drug-likeness (QED) is 0.202. The molecule has 1 aliphatic heterocycles. The molecule has 2 aromatic carbocycles. The van der Waals surface area contributed by atoms with Crippen LogP contribution in [0.1, 0.15) is 22.8 Å². The van der Waals surface area contributed by atoms with Crippen LogP contribution in [0.3, 0.4) is 0 Å². The predicted octanol–water partition coefficient (Wildman–Crippen LogP) is 3.32. The highest BCUT2D eigenvalue weighted by Gasteiger charge is 2.24. The number of carbonyl (C=O) groups excluding carboxylic acids is 1. The molecule has 0 unspecified atom stereocenters. The van der Waals surface area contributed by atoms with Crippen LogP contribution in [0, 0.1) is 10.1 Å². The van der Waals surface area contributed by atoms with Gasteiger partial charge in [0, 0.05) is 36.7 Å². The van der Waals surface area contributed by atoms with Gasteiger partial charge in [0.1, 0.15) is 17.0 Å². The summed E-state index contributed by atoms with van der Waals surface area (Å²) in [6.07, 6.45) is 0.653. The van der Waals surface area contributed by atoms with Crippen molar-refractivity contribution in [3.63, 3.8) is 0 Å². The van der Waals surface area contributed by atoms with Gasteiger partial charge in [0.15, 0.2) is 0 Å². The number of nitro benzene ring substituents is 1. The maximum atomic E-state index is 12.6. The number of hydrogen-bond donors (Lipinski definition) is 0. The second-order valence-electron chi connectivity index (χ2n) is 7.05. The van der Waals surface area contributed by atoms with Crippen LogP contribution >= 0.6 is 0 Å². The van der Waals surface area contributed by atoms with Gasteiger partial charge in [0.05, 0.1) is 23.7 Å². The molecule has 160 valence electrons. The highest BCUT2D eigenvalue weighted by atomic mass is 16.6. The van der Waals surface area contributed by atoms with Gasteiger partial charge in [0.2, 0.25) is 0 Å². The van der Waals surface area contributed by atoms with Crippen molar-refractivity contribution in [2.75, 3.05) is 31.2 Å². The summed E-state index contributed by atoms with van der Waals surface area (Å²) >= 11 is 0. The zero-order valence-corrected chi connectivity index (χ0v) is 16.8. The van der Waals surface area contributed by atoms with E-state index in [2.05, 4.69) is 0 Å². The van der Waals surface area contributed by atoms with Gasteiger partial charge < -0.3 is 18.8 Å². The van der Waals surface area contributed by atoms with Crippen molar-refractivity contribution in [1.82, 2.24) is 0 Å². The number of nitrogens with zero attached hydrogens (tertiary/aromatic N) is 2. The first kappa shape index (κ1) is 20.5. The number of benzene rings is 2. The van der Waals surface area contributed by atoms with E-state index in [9.17, 15) is 19.7 Å². The van der Waals surface area contributed by atoms with Crippen molar-refractivity contribution in [1.29, 1.82) is 0 Å². The summed E-state index contributed by atoms with van der Waals surface area (Å²) in [6, 6.07) is 10.5. The number of morpholine rings is 1. The molecule has 1 aromatic heterocycles. The molecule has 2 heterocycles. The SMILES string of the molecule is CCc1cc(=O)oc2cc(OC(=O)c3ccc(N4CCOCC4)c([N+](=O)[O-])c3)ccc12. The third kappa shape index (κ3) is 4.26. The Kier molecular flexibility index (Phi) is 5.68. The van der Waals surface area contributed by atoms with E-state index in [1.807, 2.05) is 11.8 Å². The van der Waals surface area contributed by atoms with E-state index in [0.29, 0.717) is 44.0 Å². The Labute approximate surface area is 176 Å². The molecule has 0 atom stereocenters. The van der Waals surface area contributed by atoms with Crippen molar-refractivity contribution < 1.29 is 23.6 Å². The summed E-state index contributed by atoms with van der Waals surface area (Å²) in [4.78, 5) is 37.3. The largest absolute Gasteiger partial charge is 0.423 e. The topological polar surface area (TPSA) is 112 Å². The van der Waals surface area contributed by atoms with Crippen molar-refractivity contribution >= 4 is 28.3 Å². The predicted molar refractivity (Wildman–Crippen MR) is 113 cm³/mol. The lowest BCUT2D eigenvalue weighted by Gasteiger charge is -2.28. The van der Waals surface area contributed by atoms with Crippen LogP contribution in [0.4, 0.5) is 11.4 Å². The van der Waals surface area contributed by atoms with E-state index < -0.39 is 16.5 Å². The van der Waals surface area contributed by atoms with Crippen LogP contribution in [0.5, 0.6) is 5.75 Å². The van der Waals surface area contributed by atoms with E-state index in [1.165, 1.54) is 24.3 Å². The summed E-state index contributed by atoms with van der Waals surface area (Å²) in [7, 11) is 0. The lowest BCUT2D eigenvalue weighted by molar-refractivity contribution is -0.384. The molecule has 1 aliphatic rings. The van der Waals surface area contributed by atoms with Gasteiger partial charge in [0.25, 0.3) is 5.69 Å². The van der Waals surface area contributed by atoms with Gasteiger partial charge in [-0.1, -0.05) is 6.92 Å². The second kappa shape index (κ2) is 8.57. The number of anilines is 1. The Morgan fingerprint density at radius 3 is 2.65 bits per heavy atom. The third-order valence-corrected chi connectivity index (χ3v) is 5.15. The number of fused-ring (bicyclic) bond motifs is 1. The number of esters is 1. The minimum Gasteiger partial charge on any atom is -0.423 e. The van der Waals surface area contributed by atoms with Gasteiger partial charge >= 0.3 is 11.6 Å². The van der Waals surface area contributed by atoms with Gasteiger partial charge in [-0.2, -0.15) is 0 Å². The number of aryl methyl sites for hydroxylation is 1. The fraction of sp³-hybridized carbons (Fsp3) is 0.273. The Bertz CT molecular complexity index is 1210. The zero-order chi connectivity index (χ0) is 22.0.